The molecule has 164 valence electrons. The number of aryl methyl sites for hydroxylation is 2. The number of nitrogens with one attached hydrogen (secondary N) is 2. The second kappa shape index (κ2) is 8.76. The molecule has 0 bridgehead atoms. The van der Waals surface area contributed by atoms with Gasteiger partial charge in [0, 0.05) is 34.9 Å². The van der Waals surface area contributed by atoms with Crippen molar-refractivity contribution in [3.05, 3.63) is 88.3 Å². The molecule has 32 heavy (non-hydrogen) atoms. The summed E-state index contributed by atoms with van der Waals surface area (Å²) < 4.78 is 27.4. The van der Waals surface area contributed by atoms with Crippen LogP contribution in [0, 0.1) is 13.8 Å². The Morgan fingerprint density at radius 1 is 1.09 bits per heavy atom. The van der Waals surface area contributed by atoms with E-state index in [9.17, 15) is 13.2 Å². The van der Waals surface area contributed by atoms with E-state index in [1.165, 1.54) is 0 Å². The van der Waals surface area contributed by atoms with Crippen molar-refractivity contribution in [3.63, 3.8) is 0 Å². The molecule has 4 rings (SSSR count). The largest absolute Gasteiger partial charge is 0.350 e. The van der Waals surface area contributed by atoms with Crippen LogP contribution in [0.15, 0.2) is 70.7 Å². The Morgan fingerprint density at radius 2 is 1.84 bits per heavy atom. The number of rotatable bonds is 6. The summed E-state index contributed by atoms with van der Waals surface area (Å²) in [4.78, 5) is 20.2. The third kappa shape index (κ3) is 4.40. The number of hydrogen-bond donors (Lipinski definition) is 2. The van der Waals surface area contributed by atoms with Gasteiger partial charge in [-0.3, -0.25) is 9.78 Å². The number of pyridine rings is 1. The maximum absolute atomic E-state index is 13.7. The van der Waals surface area contributed by atoms with Gasteiger partial charge in [-0.2, -0.15) is 0 Å². The molecule has 0 aliphatic heterocycles. The number of H-pyrrole nitrogens is 1. The Bertz CT molecular complexity index is 1390. The number of nitrogens with zero attached hydrogens (tertiary/aromatic N) is 1. The first-order valence-corrected chi connectivity index (χ1v) is 11.9. The fourth-order valence-electron chi connectivity index (χ4n) is 3.74. The van der Waals surface area contributed by atoms with Crippen molar-refractivity contribution in [1.82, 2.24) is 15.3 Å². The molecule has 2 aromatic carbocycles. The van der Waals surface area contributed by atoms with Gasteiger partial charge in [-0.05, 0) is 73.4 Å². The van der Waals surface area contributed by atoms with E-state index < -0.39 is 15.7 Å². The first kappa shape index (κ1) is 22.0. The average molecular weight is 468 g/mol. The van der Waals surface area contributed by atoms with Crippen LogP contribution in [0.1, 0.15) is 27.2 Å². The zero-order chi connectivity index (χ0) is 22.9. The summed E-state index contributed by atoms with van der Waals surface area (Å²) in [5.41, 5.74) is 3.13. The van der Waals surface area contributed by atoms with Gasteiger partial charge in [-0.1, -0.05) is 23.7 Å². The van der Waals surface area contributed by atoms with E-state index in [1.807, 2.05) is 32.0 Å². The topological polar surface area (TPSA) is 91.9 Å². The summed E-state index contributed by atoms with van der Waals surface area (Å²) >= 11 is 6.16. The Morgan fingerprint density at radius 3 is 2.53 bits per heavy atom. The highest BCUT2D eigenvalue weighted by molar-refractivity contribution is 7.91. The zero-order valence-electron chi connectivity index (χ0n) is 17.6. The molecule has 2 heterocycles. The van der Waals surface area contributed by atoms with E-state index in [2.05, 4.69) is 15.3 Å². The van der Waals surface area contributed by atoms with E-state index in [0.717, 1.165) is 16.7 Å². The number of aromatic amines is 1. The third-order valence-electron chi connectivity index (χ3n) is 5.14. The van der Waals surface area contributed by atoms with Crippen LogP contribution >= 0.6 is 11.6 Å². The lowest BCUT2D eigenvalue weighted by Gasteiger charge is -2.10. The lowest BCUT2D eigenvalue weighted by Crippen LogP contribution is -2.27. The lowest BCUT2D eigenvalue weighted by molar-refractivity contribution is 0.0946. The molecule has 1 amide bonds. The van der Waals surface area contributed by atoms with Crippen LogP contribution in [0.5, 0.6) is 0 Å². The molecule has 0 spiro atoms. The fourth-order valence-corrected chi connectivity index (χ4v) is 5.70. The summed E-state index contributed by atoms with van der Waals surface area (Å²) in [5, 5.41) is 3.58. The van der Waals surface area contributed by atoms with Gasteiger partial charge in [0.05, 0.1) is 4.90 Å². The van der Waals surface area contributed by atoms with Crippen molar-refractivity contribution in [2.45, 2.75) is 30.1 Å². The molecule has 0 saturated heterocycles. The van der Waals surface area contributed by atoms with Crippen LogP contribution in [-0.2, 0) is 16.3 Å². The quantitative estimate of drug-likeness (QED) is 0.432. The molecule has 0 fully saturated rings. The number of carbonyl (C=O) groups is 1. The number of sulfone groups is 1. The normalized spacial score (nSPS) is 11.6. The first-order chi connectivity index (χ1) is 15.3. The van der Waals surface area contributed by atoms with E-state index in [-0.39, 0.29) is 15.5 Å². The van der Waals surface area contributed by atoms with Crippen LogP contribution in [0.25, 0.3) is 10.9 Å². The first-order valence-electron chi connectivity index (χ1n) is 10.1. The van der Waals surface area contributed by atoms with E-state index in [0.29, 0.717) is 28.9 Å². The second-order valence-corrected chi connectivity index (χ2v) is 10.0. The predicted molar refractivity (Wildman–Crippen MR) is 125 cm³/mol. The van der Waals surface area contributed by atoms with Crippen molar-refractivity contribution >= 4 is 38.2 Å². The van der Waals surface area contributed by atoms with Gasteiger partial charge in [0.2, 0.25) is 9.84 Å². The maximum atomic E-state index is 13.7. The van der Waals surface area contributed by atoms with Gasteiger partial charge >= 0.3 is 0 Å². The summed E-state index contributed by atoms with van der Waals surface area (Å²) in [5.74, 6) is -0.496. The molecular weight excluding hydrogens is 446 g/mol. The molecule has 8 heteroatoms. The van der Waals surface area contributed by atoms with Gasteiger partial charge in [0.1, 0.15) is 10.6 Å². The smallest absolute Gasteiger partial charge is 0.269 e. The molecule has 0 saturated carbocycles. The van der Waals surface area contributed by atoms with Crippen molar-refractivity contribution in [2.75, 3.05) is 6.54 Å². The van der Waals surface area contributed by atoms with Crippen molar-refractivity contribution in [2.24, 2.45) is 0 Å². The van der Waals surface area contributed by atoms with E-state index >= 15 is 0 Å². The SMILES string of the molecule is Cc1cc(C)cc(S(=O)(=O)c2c(C(=O)NCCc3cccnc3)[nH]c3ccc(Cl)cc23)c1. The highest BCUT2D eigenvalue weighted by Gasteiger charge is 2.30. The number of halogens is 1. The maximum Gasteiger partial charge on any atom is 0.269 e. The standard InChI is InChI=1S/C24H22ClN3O3S/c1-15-10-16(2)12-19(11-15)32(30,31)23-20-13-18(25)5-6-21(20)28-22(23)24(29)27-9-7-17-4-3-8-26-14-17/h3-6,8,10-14,28H,7,9H2,1-2H3,(H,27,29). The van der Waals surface area contributed by atoms with Gasteiger partial charge in [-0.15, -0.1) is 0 Å². The van der Waals surface area contributed by atoms with Crippen molar-refractivity contribution in [3.8, 4) is 0 Å². The van der Waals surface area contributed by atoms with Crippen LogP contribution in [0.4, 0.5) is 0 Å². The summed E-state index contributed by atoms with van der Waals surface area (Å²) in [6.45, 7) is 4.01. The average Bonchev–Trinajstić information content (AvgIpc) is 3.13. The number of aromatic nitrogens is 2. The summed E-state index contributed by atoms with van der Waals surface area (Å²) in [7, 11) is -4.00. The van der Waals surface area contributed by atoms with Gasteiger partial charge in [-0.25, -0.2) is 8.42 Å². The number of hydrogen-bond acceptors (Lipinski definition) is 4. The molecule has 0 atom stereocenters. The number of benzene rings is 2. The highest BCUT2D eigenvalue weighted by Crippen LogP contribution is 2.34. The Labute approximate surface area is 191 Å². The molecule has 4 aromatic rings. The van der Waals surface area contributed by atoms with Gasteiger partial charge in [0.15, 0.2) is 0 Å². The predicted octanol–water partition coefficient (Wildman–Crippen LogP) is 4.64. The molecule has 2 aromatic heterocycles. The molecule has 0 radical (unpaired) electrons. The fraction of sp³-hybridized carbons (Fsp3) is 0.167. The Balaban J connectivity index is 1.76. The molecule has 6 nitrogen and oxygen atoms in total. The van der Waals surface area contributed by atoms with Crippen LogP contribution in [-0.4, -0.2) is 30.8 Å². The Hall–Kier alpha value is -3.16. The number of fused-ring (bicyclic) bond motifs is 1. The molecule has 0 unspecified atom stereocenters. The lowest BCUT2D eigenvalue weighted by atomic mass is 10.2. The van der Waals surface area contributed by atoms with Crippen LogP contribution in [0.2, 0.25) is 5.02 Å². The van der Waals surface area contributed by atoms with Crippen molar-refractivity contribution in [1.29, 1.82) is 0 Å². The van der Waals surface area contributed by atoms with Gasteiger partial charge in [0.25, 0.3) is 5.91 Å². The molecular formula is C24H22ClN3O3S. The van der Waals surface area contributed by atoms with Crippen molar-refractivity contribution < 1.29 is 13.2 Å². The monoisotopic (exact) mass is 467 g/mol. The highest BCUT2D eigenvalue weighted by atomic mass is 35.5. The molecule has 0 aliphatic carbocycles. The minimum Gasteiger partial charge on any atom is -0.350 e. The number of amides is 1. The van der Waals surface area contributed by atoms with Gasteiger partial charge < -0.3 is 10.3 Å². The number of carbonyl (C=O) groups excluding carboxylic acids is 1. The van der Waals surface area contributed by atoms with E-state index in [1.54, 1.807) is 42.7 Å². The third-order valence-corrected chi connectivity index (χ3v) is 7.19. The minimum atomic E-state index is -4.00. The molecule has 2 N–H and O–H groups in total. The summed E-state index contributed by atoms with van der Waals surface area (Å²) in [6, 6.07) is 13.7. The van der Waals surface area contributed by atoms with Crippen LogP contribution < -0.4 is 5.32 Å². The minimum absolute atomic E-state index is 0.00684. The molecule has 0 aliphatic rings. The second-order valence-electron chi connectivity index (χ2n) is 7.71. The van der Waals surface area contributed by atoms with Crippen LogP contribution in [0.3, 0.4) is 0 Å². The van der Waals surface area contributed by atoms with E-state index in [4.69, 9.17) is 11.6 Å². The Kier molecular flexibility index (Phi) is 6.04. The summed E-state index contributed by atoms with van der Waals surface area (Å²) in [6.07, 6.45) is 3.99. The zero-order valence-corrected chi connectivity index (χ0v) is 19.2.